The van der Waals surface area contributed by atoms with E-state index >= 15 is 0 Å². The highest BCUT2D eigenvalue weighted by Gasteiger charge is 2.30. The molecular weight excluding hydrogens is 330 g/mol. The van der Waals surface area contributed by atoms with Crippen molar-refractivity contribution in [2.45, 2.75) is 25.7 Å². The predicted molar refractivity (Wildman–Crippen MR) is 77.3 cm³/mol. The summed E-state index contributed by atoms with van der Waals surface area (Å²) in [4.78, 5) is 25.7. The molecule has 0 radical (unpaired) electrons. The minimum atomic E-state index is -0.793. The van der Waals surface area contributed by atoms with Crippen LogP contribution < -0.4 is 0 Å². The standard InChI is InChI=1S/C13H16BrNO3S/c14-11-5-4-10(19-11)2-1-3-12(16)15-7-6-9(8-15)13(17)18/h4-5,9H,1-3,6-8H2,(H,17,18). The summed E-state index contributed by atoms with van der Waals surface area (Å²) in [5, 5.41) is 8.90. The number of hydrogen-bond donors (Lipinski definition) is 1. The molecule has 0 spiro atoms. The van der Waals surface area contributed by atoms with Crippen molar-refractivity contribution < 1.29 is 14.7 Å². The topological polar surface area (TPSA) is 57.6 Å². The number of carbonyl (C=O) groups excluding carboxylic acids is 1. The Kier molecular flexibility index (Phi) is 4.99. The molecule has 6 heteroatoms. The van der Waals surface area contributed by atoms with Gasteiger partial charge in [-0.1, -0.05) is 0 Å². The van der Waals surface area contributed by atoms with Crippen LogP contribution in [0.2, 0.25) is 0 Å². The molecule has 104 valence electrons. The summed E-state index contributed by atoms with van der Waals surface area (Å²) in [6.07, 6.45) is 2.80. The summed E-state index contributed by atoms with van der Waals surface area (Å²) >= 11 is 5.10. The lowest BCUT2D eigenvalue weighted by atomic mass is 10.1. The minimum absolute atomic E-state index is 0.0828. The van der Waals surface area contributed by atoms with Crippen molar-refractivity contribution in [3.63, 3.8) is 0 Å². The maximum atomic E-state index is 11.9. The highest BCUT2D eigenvalue weighted by Crippen LogP contribution is 2.24. The zero-order valence-corrected chi connectivity index (χ0v) is 12.9. The van der Waals surface area contributed by atoms with E-state index in [0.29, 0.717) is 25.9 Å². The Hall–Kier alpha value is -0.880. The molecule has 1 aliphatic heterocycles. The molecule has 0 saturated carbocycles. The van der Waals surface area contributed by atoms with Gasteiger partial charge in [0.15, 0.2) is 0 Å². The number of aliphatic carboxylic acids is 1. The maximum absolute atomic E-state index is 11.9. The lowest BCUT2D eigenvalue weighted by molar-refractivity contribution is -0.141. The number of rotatable bonds is 5. The molecule has 1 N–H and O–H groups in total. The number of carboxylic acid groups (broad SMARTS) is 1. The number of amides is 1. The molecule has 1 fully saturated rings. The van der Waals surface area contributed by atoms with Gasteiger partial charge in [0.25, 0.3) is 0 Å². The fourth-order valence-electron chi connectivity index (χ4n) is 2.25. The third-order valence-corrected chi connectivity index (χ3v) is 5.02. The van der Waals surface area contributed by atoms with E-state index in [-0.39, 0.29) is 11.8 Å². The van der Waals surface area contributed by atoms with Crippen LogP contribution >= 0.6 is 27.3 Å². The van der Waals surface area contributed by atoms with E-state index in [2.05, 4.69) is 22.0 Å². The highest BCUT2D eigenvalue weighted by molar-refractivity contribution is 9.11. The van der Waals surface area contributed by atoms with E-state index in [4.69, 9.17) is 5.11 Å². The fraction of sp³-hybridized carbons (Fsp3) is 0.538. The predicted octanol–water partition coefficient (Wildman–Crippen LogP) is 2.77. The molecule has 1 saturated heterocycles. The lowest BCUT2D eigenvalue weighted by Gasteiger charge is -2.15. The summed E-state index contributed by atoms with van der Waals surface area (Å²) in [5.41, 5.74) is 0. The first-order chi connectivity index (χ1) is 9.06. The number of carboxylic acids is 1. The van der Waals surface area contributed by atoms with E-state index in [1.54, 1.807) is 16.2 Å². The van der Waals surface area contributed by atoms with Crippen LogP contribution in [0.15, 0.2) is 15.9 Å². The van der Waals surface area contributed by atoms with Gasteiger partial charge in [-0.25, -0.2) is 0 Å². The summed E-state index contributed by atoms with van der Waals surface area (Å²) in [7, 11) is 0. The van der Waals surface area contributed by atoms with Crippen LogP contribution in [0.3, 0.4) is 0 Å². The van der Waals surface area contributed by atoms with Crippen LogP contribution in [-0.4, -0.2) is 35.0 Å². The number of thiophene rings is 1. The molecule has 1 aromatic heterocycles. The second-order valence-corrected chi connectivity index (χ2v) is 7.27. The molecule has 1 atom stereocenters. The normalized spacial score (nSPS) is 18.8. The van der Waals surface area contributed by atoms with Crippen LogP contribution in [0.25, 0.3) is 0 Å². The highest BCUT2D eigenvalue weighted by atomic mass is 79.9. The molecule has 1 aliphatic rings. The number of nitrogens with zero attached hydrogens (tertiary/aromatic N) is 1. The molecule has 1 aromatic rings. The second-order valence-electron chi connectivity index (χ2n) is 4.72. The molecule has 0 aliphatic carbocycles. The van der Waals surface area contributed by atoms with Gasteiger partial charge in [0.2, 0.25) is 5.91 Å². The smallest absolute Gasteiger partial charge is 0.308 e. The van der Waals surface area contributed by atoms with Gasteiger partial charge >= 0.3 is 5.97 Å². The SMILES string of the molecule is O=C(O)C1CCN(C(=O)CCCc2ccc(Br)s2)C1. The number of carbonyl (C=O) groups is 2. The number of halogens is 1. The molecule has 1 amide bonds. The van der Waals surface area contributed by atoms with E-state index in [0.717, 1.165) is 16.6 Å². The van der Waals surface area contributed by atoms with Crippen molar-refractivity contribution in [1.29, 1.82) is 0 Å². The first-order valence-electron chi connectivity index (χ1n) is 6.31. The lowest BCUT2D eigenvalue weighted by Crippen LogP contribution is -2.29. The van der Waals surface area contributed by atoms with Gasteiger partial charge in [0.1, 0.15) is 0 Å². The van der Waals surface area contributed by atoms with Gasteiger partial charge in [-0.2, -0.15) is 0 Å². The zero-order chi connectivity index (χ0) is 13.8. The van der Waals surface area contributed by atoms with Crippen LogP contribution in [-0.2, 0) is 16.0 Å². The molecule has 0 bridgehead atoms. The van der Waals surface area contributed by atoms with Gasteiger partial charge in [-0.15, -0.1) is 11.3 Å². The van der Waals surface area contributed by atoms with Gasteiger partial charge in [-0.3, -0.25) is 9.59 Å². The Morgan fingerprint density at radius 1 is 1.47 bits per heavy atom. The number of hydrogen-bond acceptors (Lipinski definition) is 3. The Bertz CT molecular complexity index is 474. The van der Waals surface area contributed by atoms with Gasteiger partial charge in [-0.05, 0) is 47.3 Å². The largest absolute Gasteiger partial charge is 0.481 e. The van der Waals surface area contributed by atoms with Crippen LogP contribution in [0.5, 0.6) is 0 Å². The zero-order valence-electron chi connectivity index (χ0n) is 10.5. The average molecular weight is 346 g/mol. The van der Waals surface area contributed by atoms with Crippen molar-refractivity contribution in [1.82, 2.24) is 4.90 Å². The van der Waals surface area contributed by atoms with Crippen LogP contribution in [0, 0.1) is 5.92 Å². The third kappa shape index (κ3) is 4.04. The fourth-order valence-corrected chi connectivity index (χ4v) is 3.77. The van der Waals surface area contributed by atoms with Crippen molar-refractivity contribution >= 4 is 39.1 Å². The first-order valence-corrected chi connectivity index (χ1v) is 7.92. The second kappa shape index (κ2) is 6.52. The monoisotopic (exact) mass is 345 g/mol. The quantitative estimate of drug-likeness (QED) is 0.892. The Morgan fingerprint density at radius 2 is 2.26 bits per heavy atom. The van der Waals surface area contributed by atoms with Gasteiger partial charge < -0.3 is 10.0 Å². The molecule has 1 unspecified atom stereocenters. The molecule has 19 heavy (non-hydrogen) atoms. The van der Waals surface area contributed by atoms with Crippen LogP contribution in [0.1, 0.15) is 24.1 Å². The number of likely N-dealkylation sites (tertiary alicyclic amines) is 1. The minimum Gasteiger partial charge on any atom is -0.481 e. The summed E-state index contributed by atoms with van der Waals surface area (Å²) in [6.45, 7) is 0.957. The average Bonchev–Trinajstić information content (AvgIpc) is 2.98. The Labute approximate surface area is 124 Å². The van der Waals surface area contributed by atoms with Crippen LogP contribution in [0.4, 0.5) is 0 Å². The summed E-state index contributed by atoms with van der Waals surface area (Å²) in [6, 6.07) is 4.08. The first kappa shape index (κ1) is 14.5. The molecule has 2 heterocycles. The van der Waals surface area contributed by atoms with E-state index in [1.165, 1.54) is 4.88 Å². The van der Waals surface area contributed by atoms with Crippen molar-refractivity contribution in [3.8, 4) is 0 Å². The van der Waals surface area contributed by atoms with Crippen molar-refractivity contribution in [2.75, 3.05) is 13.1 Å². The summed E-state index contributed by atoms with van der Waals surface area (Å²) < 4.78 is 1.11. The van der Waals surface area contributed by atoms with Crippen molar-refractivity contribution in [3.05, 3.63) is 20.8 Å². The van der Waals surface area contributed by atoms with E-state index in [1.807, 2.05) is 6.07 Å². The maximum Gasteiger partial charge on any atom is 0.308 e. The molecule has 4 nitrogen and oxygen atoms in total. The third-order valence-electron chi connectivity index (χ3n) is 3.33. The van der Waals surface area contributed by atoms with Crippen molar-refractivity contribution in [2.24, 2.45) is 5.92 Å². The summed E-state index contributed by atoms with van der Waals surface area (Å²) in [5.74, 6) is -1.09. The molecule has 2 rings (SSSR count). The van der Waals surface area contributed by atoms with Gasteiger partial charge in [0.05, 0.1) is 9.70 Å². The van der Waals surface area contributed by atoms with E-state index < -0.39 is 5.97 Å². The number of aryl methyl sites for hydroxylation is 1. The molecule has 0 aromatic carbocycles. The Morgan fingerprint density at radius 3 is 2.84 bits per heavy atom. The van der Waals surface area contributed by atoms with Gasteiger partial charge in [0, 0.05) is 24.4 Å². The Balaban J connectivity index is 1.72. The van der Waals surface area contributed by atoms with E-state index in [9.17, 15) is 9.59 Å². The molecular formula is C13H16BrNO3S.